The number of rotatable bonds is 3. The summed E-state index contributed by atoms with van der Waals surface area (Å²) in [6.07, 6.45) is 3.21. The molecular formula is C16H12Cl2O. The van der Waals surface area contributed by atoms with Crippen LogP contribution in [0.3, 0.4) is 0 Å². The van der Waals surface area contributed by atoms with E-state index in [4.69, 9.17) is 23.2 Å². The van der Waals surface area contributed by atoms with Crippen molar-refractivity contribution >= 4 is 35.1 Å². The summed E-state index contributed by atoms with van der Waals surface area (Å²) in [6.45, 7) is 1.98. The number of allylic oxidation sites excluding steroid dienone is 1. The predicted molar refractivity (Wildman–Crippen MR) is 81.0 cm³/mol. The van der Waals surface area contributed by atoms with Crippen LogP contribution < -0.4 is 0 Å². The molecule has 96 valence electrons. The molecule has 0 spiro atoms. The van der Waals surface area contributed by atoms with Crippen molar-refractivity contribution in [3.63, 3.8) is 0 Å². The van der Waals surface area contributed by atoms with E-state index < -0.39 is 0 Å². The van der Waals surface area contributed by atoms with Crippen molar-refractivity contribution in [2.75, 3.05) is 0 Å². The zero-order chi connectivity index (χ0) is 13.8. The van der Waals surface area contributed by atoms with Gasteiger partial charge in [0.05, 0.1) is 0 Å². The van der Waals surface area contributed by atoms with Crippen LogP contribution in [0.5, 0.6) is 0 Å². The Labute approximate surface area is 122 Å². The Bertz CT molecular complexity index is 628. The van der Waals surface area contributed by atoms with E-state index >= 15 is 0 Å². The quantitative estimate of drug-likeness (QED) is 0.561. The van der Waals surface area contributed by atoms with Gasteiger partial charge < -0.3 is 0 Å². The number of benzene rings is 2. The molecule has 0 saturated carbocycles. The van der Waals surface area contributed by atoms with Gasteiger partial charge in [0.15, 0.2) is 5.78 Å². The van der Waals surface area contributed by atoms with Gasteiger partial charge in [-0.2, -0.15) is 0 Å². The third kappa shape index (κ3) is 3.69. The molecule has 0 unspecified atom stereocenters. The molecule has 19 heavy (non-hydrogen) atoms. The summed E-state index contributed by atoms with van der Waals surface area (Å²) < 4.78 is 0. The Balaban J connectivity index is 2.18. The maximum absolute atomic E-state index is 12.0. The van der Waals surface area contributed by atoms with Crippen LogP contribution >= 0.6 is 23.2 Å². The molecule has 0 aliphatic rings. The minimum absolute atomic E-state index is 0.0500. The molecular weight excluding hydrogens is 279 g/mol. The topological polar surface area (TPSA) is 17.1 Å². The molecule has 2 rings (SSSR count). The molecule has 0 amide bonds. The van der Waals surface area contributed by atoms with Gasteiger partial charge in [-0.1, -0.05) is 59.1 Å². The average molecular weight is 291 g/mol. The first-order chi connectivity index (χ1) is 9.06. The zero-order valence-electron chi connectivity index (χ0n) is 10.4. The molecule has 2 aromatic rings. The van der Waals surface area contributed by atoms with Gasteiger partial charge in [-0.25, -0.2) is 0 Å². The second kappa shape index (κ2) is 6.05. The Morgan fingerprint density at radius 2 is 1.74 bits per heavy atom. The molecule has 0 bridgehead atoms. The minimum Gasteiger partial charge on any atom is -0.289 e. The molecule has 0 atom stereocenters. The lowest BCUT2D eigenvalue weighted by molar-refractivity contribution is 0.104. The number of hydrogen-bond donors (Lipinski definition) is 0. The van der Waals surface area contributed by atoms with Gasteiger partial charge in [0.25, 0.3) is 0 Å². The van der Waals surface area contributed by atoms with Crippen molar-refractivity contribution in [2.45, 2.75) is 6.92 Å². The van der Waals surface area contributed by atoms with Crippen LogP contribution in [-0.2, 0) is 0 Å². The van der Waals surface area contributed by atoms with Crippen LogP contribution in [-0.4, -0.2) is 5.78 Å². The van der Waals surface area contributed by atoms with Crippen molar-refractivity contribution in [3.05, 3.63) is 75.3 Å². The number of ketones is 1. The van der Waals surface area contributed by atoms with Crippen LogP contribution in [0, 0.1) is 6.92 Å². The molecule has 2 aromatic carbocycles. The molecule has 0 heterocycles. The van der Waals surface area contributed by atoms with Gasteiger partial charge in [0.2, 0.25) is 0 Å². The van der Waals surface area contributed by atoms with Gasteiger partial charge in [0.1, 0.15) is 0 Å². The van der Waals surface area contributed by atoms with Crippen LogP contribution in [0.15, 0.2) is 48.5 Å². The maximum Gasteiger partial charge on any atom is 0.185 e. The van der Waals surface area contributed by atoms with E-state index in [9.17, 15) is 4.79 Å². The van der Waals surface area contributed by atoms with Crippen molar-refractivity contribution < 1.29 is 4.79 Å². The highest BCUT2D eigenvalue weighted by Gasteiger charge is 2.02. The normalized spacial score (nSPS) is 10.9. The van der Waals surface area contributed by atoms with E-state index in [1.165, 1.54) is 6.08 Å². The largest absolute Gasteiger partial charge is 0.289 e. The predicted octanol–water partition coefficient (Wildman–Crippen LogP) is 5.20. The van der Waals surface area contributed by atoms with Gasteiger partial charge in [-0.15, -0.1) is 0 Å². The SMILES string of the molecule is Cc1ccc(C(=O)C=Cc2ccc(Cl)cc2Cl)cc1. The van der Waals surface area contributed by atoms with E-state index in [-0.39, 0.29) is 5.78 Å². The first kappa shape index (κ1) is 13.9. The first-order valence-electron chi connectivity index (χ1n) is 5.80. The standard InChI is InChI=1S/C16H12Cl2O/c1-11-2-4-13(5-3-11)16(19)9-7-12-6-8-14(17)10-15(12)18/h2-10H,1H3. The molecule has 3 heteroatoms. The van der Waals surface area contributed by atoms with Crippen molar-refractivity contribution in [1.82, 2.24) is 0 Å². The Kier molecular flexibility index (Phi) is 4.41. The van der Waals surface area contributed by atoms with Gasteiger partial charge in [0, 0.05) is 15.6 Å². The van der Waals surface area contributed by atoms with E-state index in [0.29, 0.717) is 15.6 Å². The lowest BCUT2D eigenvalue weighted by Gasteiger charge is -1.99. The van der Waals surface area contributed by atoms with Gasteiger partial charge in [-0.3, -0.25) is 4.79 Å². The lowest BCUT2D eigenvalue weighted by atomic mass is 10.1. The zero-order valence-corrected chi connectivity index (χ0v) is 11.9. The van der Waals surface area contributed by atoms with Crippen LogP contribution in [0.2, 0.25) is 10.0 Å². The van der Waals surface area contributed by atoms with E-state index in [1.54, 1.807) is 24.3 Å². The number of halogens is 2. The fourth-order valence-electron chi connectivity index (χ4n) is 1.62. The lowest BCUT2D eigenvalue weighted by Crippen LogP contribution is -1.93. The highest BCUT2D eigenvalue weighted by molar-refractivity contribution is 6.35. The Morgan fingerprint density at radius 1 is 1.05 bits per heavy atom. The number of hydrogen-bond acceptors (Lipinski definition) is 1. The number of aryl methyl sites for hydroxylation is 1. The summed E-state index contributed by atoms with van der Waals surface area (Å²) in [4.78, 5) is 12.0. The fourth-order valence-corrected chi connectivity index (χ4v) is 2.09. The average Bonchev–Trinajstić information content (AvgIpc) is 2.38. The van der Waals surface area contributed by atoms with Gasteiger partial charge in [-0.05, 0) is 36.8 Å². The molecule has 0 aliphatic heterocycles. The number of carbonyl (C=O) groups excluding carboxylic acids is 1. The molecule has 1 nitrogen and oxygen atoms in total. The summed E-state index contributed by atoms with van der Waals surface area (Å²) >= 11 is 11.8. The third-order valence-corrected chi connectivity index (χ3v) is 3.28. The first-order valence-corrected chi connectivity index (χ1v) is 6.56. The van der Waals surface area contributed by atoms with Crippen molar-refractivity contribution in [2.24, 2.45) is 0 Å². The molecule has 0 radical (unpaired) electrons. The molecule has 0 saturated heterocycles. The van der Waals surface area contributed by atoms with E-state index in [2.05, 4.69) is 0 Å². The fraction of sp³-hybridized carbons (Fsp3) is 0.0625. The summed E-state index contributed by atoms with van der Waals surface area (Å²) in [5, 5.41) is 1.10. The summed E-state index contributed by atoms with van der Waals surface area (Å²) in [5.41, 5.74) is 2.56. The highest BCUT2D eigenvalue weighted by atomic mass is 35.5. The molecule has 0 N–H and O–H groups in total. The highest BCUT2D eigenvalue weighted by Crippen LogP contribution is 2.22. The summed E-state index contributed by atoms with van der Waals surface area (Å²) in [7, 11) is 0. The van der Waals surface area contributed by atoms with Crippen LogP contribution in [0.25, 0.3) is 6.08 Å². The molecule has 0 aromatic heterocycles. The van der Waals surface area contributed by atoms with Crippen molar-refractivity contribution in [1.29, 1.82) is 0 Å². The van der Waals surface area contributed by atoms with Gasteiger partial charge >= 0.3 is 0 Å². The van der Waals surface area contributed by atoms with Crippen LogP contribution in [0.4, 0.5) is 0 Å². The second-order valence-corrected chi connectivity index (χ2v) is 5.07. The molecule has 0 fully saturated rings. The summed E-state index contributed by atoms with van der Waals surface area (Å²) in [5.74, 6) is -0.0500. The minimum atomic E-state index is -0.0500. The van der Waals surface area contributed by atoms with E-state index in [0.717, 1.165) is 11.1 Å². The molecule has 0 aliphatic carbocycles. The van der Waals surface area contributed by atoms with E-state index in [1.807, 2.05) is 31.2 Å². The second-order valence-electron chi connectivity index (χ2n) is 4.23. The number of carbonyl (C=O) groups is 1. The van der Waals surface area contributed by atoms with Crippen LogP contribution in [0.1, 0.15) is 21.5 Å². The smallest absolute Gasteiger partial charge is 0.185 e. The Morgan fingerprint density at radius 3 is 2.37 bits per heavy atom. The third-order valence-electron chi connectivity index (χ3n) is 2.71. The van der Waals surface area contributed by atoms with Crippen molar-refractivity contribution in [3.8, 4) is 0 Å². The summed E-state index contributed by atoms with van der Waals surface area (Å²) in [6, 6.07) is 12.6. The monoisotopic (exact) mass is 290 g/mol. The maximum atomic E-state index is 12.0. The Hall–Kier alpha value is -1.57.